The molecule has 2 nitrogen and oxygen atoms in total. The van der Waals surface area contributed by atoms with Crippen molar-refractivity contribution in [3.05, 3.63) is 23.8 Å². The summed E-state index contributed by atoms with van der Waals surface area (Å²) in [5.74, 6) is 0.463. The van der Waals surface area contributed by atoms with Crippen molar-refractivity contribution in [1.29, 1.82) is 0 Å². The molecule has 0 aromatic carbocycles. The van der Waals surface area contributed by atoms with Gasteiger partial charge in [-0.2, -0.15) is 0 Å². The first-order valence-electron chi connectivity index (χ1n) is 3.76. The van der Waals surface area contributed by atoms with Crippen LogP contribution in [0.4, 0.5) is 0 Å². The number of aliphatic hydroxyl groups excluding tert-OH is 1. The van der Waals surface area contributed by atoms with E-state index >= 15 is 0 Å². The van der Waals surface area contributed by atoms with E-state index in [1.807, 2.05) is 13.0 Å². The summed E-state index contributed by atoms with van der Waals surface area (Å²) < 4.78 is 0. The Morgan fingerprint density at radius 2 is 2.00 bits per heavy atom. The van der Waals surface area contributed by atoms with Crippen molar-refractivity contribution in [1.82, 2.24) is 0 Å². The molecule has 0 heterocycles. The Bertz CT molecular complexity index is 168. The van der Waals surface area contributed by atoms with Gasteiger partial charge in [0.05, 0.1) is 0 Å². The number of rotatable bonds is 3. The summed E-state index contributed by atoms with van der Waals surface area (Å²) in [7, 11) is 0. The van der Waals surface area contributed by atoms with Crippen LogP contribution in [0.1, 0.15) is 20.8 Å². The van der Waals surface area contributed by atoms with Crippen molar-refractivity contribution < 1.29 is 5.11 Å². The highest BCUT2D eigenvalue weighted by Crippen LogP contribution is 2.11. The van der Waals surface area contributed by atoms with Crippen molar-refractivity contribution in [3.8, 4) is 0 Å². The van der Waals surface area contributed by atoms with Crippen molar-refractivity contribution in [2.24, 2.45) is 11.7 Å². The van der Waals surface area contributed by atoms with Crippen LogP contribution in [0.2, 0.25) is 0 Å². The zero-order valence-electron chi connectivity index (χ0n) is 7.46. The third kappa shape index (κ3) is 3.96. The van der Waals surface area contributed by atoms with Crippen LogP contribution in [0.15, 0.2) is 23.8 Å². The Morgan fingerprint density at radius 1 is 1.55 bits per heavy atom. The molecule has 0 aliphatic heterocycles. The van der Waals surface area contributed by atoms with Gasteiger partial charge in [0.15, 0.2) is 0 Å². The Morgan fingerprint density at radius 3 is 2.27 bits per heavy atom. The summed E-state index contributed by atoms with van der Waals surface area (Å²) in [4.78, 5) is 0. The van der Waals surface area contributed by atoms with Crippen molar-refractivity contribution in [2.45, 2.75) is 27.0 Å². The predicted octanol–water partition coefficient (Wildman–Crippen LogP) is 1.42. The van der Waals surface area contributed by atoms with Gasteiger partial charge in [-0.15, -0.1) is 0 Å². The molecule has 0 aromatic rings. The summed E-state index contributed by atoms with van der Waals surface area (Å²) in [6.45, 7) is 9.70. The average molecular weight is 155 g/mol. The Labute approximate surface area is 68.4 Å². The molecular formula is C9H17NO. The molecule has 1 unspecified atom stereocenters. The summed E-state index contributed by atoms with van der Waals surface area (Å²) in [5, 5.41) is 8.94. The largest absolute Gasteiger partial charge is 0.375 e. The van der Waals surface area contributed by atoms with Gasteiger partial charge in [-0.3, -0.25) is 0 Å². The fraction of sp³-hybridized carbons (Fsp3) is 0.556. The third-order valence-corrected chi connectivity index (χ3v) is 1.45. The van der Waals surface area contributed by atoms with E-state index in [9.17, 15) is 0 Å². The van der Waals surface area contributed by atoms with E-state index in [1.54, 1.807) is 0 Å². The molecule has 0 fully saturated rings. The number of nitrogens with two attached hydrogens (primary N) is 1. The Hall–Kier alpha value is -0.600. The molecule has 3 N–H and O–H groups in total. The van der Waals surface area contributed by atoms with Gasteiger partial charge in [0.2, 0.25) is 0 Å². The van der Waals surface area contributed by atoms with Crippen LogP contribution in [0, 0.1) is 5.92 Å². The van der Waals surface area contributed by atoms with Crippen LogP contribution in [0.5, 0.6) is 0 Å². The average Bonchev–Trinajstić information content (AvgIpc) is 1.84. The lowest BCUT2D eigenvalue weighted by Gasteiger charge is -2.09. The minimum absolute atomic E-state index is 0.463. The summed E-state index contributed by atoms with van der Waals surface area (Å²) in [6.07, 6.45) is 1.10. The van der Waals surface area contributed by atoms with Crippen LogP contribution in [-0.4, -0.2) is 11.3 Å². The Balaban J connectivity index is 4.24. The van der Waals surface area contributed by atoms with E-state index in [2.05, 4.69) is 20.4 Å². The van der Waals surface area contributed by atoms with Gasteiger partial charge in [-0.05, 0) is 24.0 Å². The lowest BCUT2D eigenvalue weighted by molar-refractivity contribution is 0.222. The molecule has 0 saturated heterocycles. The minimum Gasteiger partial charge on any atom is -0.375 e. The number of allylic oxidation sites excluding steroid dienone is 1. The van der Waals surface area contributed by atoms with Gasteiger partial charge in [0.25, 0.3) is 0 Å². The summed E-state index contributed by atoms with van der Waals surface area (Å²) in [5.41, 5.74) is 6.79. The first-order valence-corrected chi connectivity index (χ1v) is 3.76. The lowest BCUT2D eigenvalue weighted by Crippen LogP contribution is -2.21. The monoisotopic (exact) mass is 155 g/mol. The van der Waals surface area contributed by atoms with E-state index in [0.717, 1.165) is 5.57 Å². The molecule has 2 heteroatoms. The summed E-state index contributed by atoms with van der Waals surface area (Å²) >= 11 is 0. The maximum atomic E-state index is 8.94. The van der Waals surface area contributed by atoms with Crippen LogP contribution in [0.3, 0.4) is 0 Å². The molecule has 11 heavy (non-hydrogen) atoms. The molecular weight excluding hydrogens is 138 g/mol. The second-order valence-corrected chi connectivity index (χ2v) is 3.06. The second kappa shape index (κ2) is 4.31. The van der Waals surface area contributed by atoms with Crippen LogP contribution < -0.4 is 5.73 Å². The van der Waals surface area contributed by atoms with Crippen molar-refractivity contribution in [3.63, 3.8) is 0 Å². The molecule has 0 radical (unpaired) electrons. The fourth-order valence-corrected chi connectivity index (χ4v) is 0.840. The molecule has 0 saturated carbocycles. The van der Waals surface area contributed by atoms with Crippen LogP contribution in [-0.2, 0) is 0 Å². The minimum atomic E-state index is -0.926. The highest BCUT2D eigenvalue weighted by atomic mass is 16.3. The van der Waals surface area contributed by atoms with Gasteiger partial charge in [0, 0.05) is 0 Å². The molecule has 0 aliphatic carbocycles. The second-order valence-electron chi connectivity index (χ2n) is 3.06. The third-order valence-electron chi connectivity index (χ3n) is 1.45. The van der Waals surface area contributed by atoms with E-state index < -0.39 is 6.23 Å². The molecule has 0 bridgehead atoms. The number of hydrogen-bond donors (Lipinski definition) is 2. The van der Waals surface area contributed by atoms with Crippen molar-refractivity contribution in [2.75, 3.05) is 0 Å². The van der Waals surface area contributed by atoms with Crippen molar-refractivity contribution >= 4 is 0 Å². The van der Waals surface area contributed by atoms with Gasteiger partial charge in [-0.25, -0.2) is 0 Å². The van der Waals surface area contributed by atoms with Gasteiger partial charge >= 0.3 is 0 Å². The fourth-order valence-electron chi connectivity index (χ4n) is 0.840. The maximum absolute atomic E-state index is 8.94. The standard InChI is InChI=1S/C9H17NO/c1-6(2)5-7(3)8(4)9(10)11/h5-6,9,11H,4,10H2,1-3H3/b7-5+. The quantitative estimate of drug-likeness (QED) is 0.478. The van der Waals surface area contributed by atoms with Crippen LogP contribution >= 0.6 is 0 Å². The smallest absolute Gasteiger partial charge is 0.128 e. The van der Waals surface area contributed by atoms with E-state index in [1.165, 1.54) is 0 Å². The zero-order valence-corrected chi connectivity index (χ0v) is 7.46. The highest BCUT2D eigenvalue weighted by molar-refractivity contribution is 5.28. The predicted molar refractivity (Wildman–Crippen MR) is 47.9 cm³/mol. The van der Waals surface area contributed by atoms with E-state index in [-0.39, 0.29) is 0 Å². The molecule has 0 aromatic heterocycles. The van der Waals surface area contributed by atoms with E-state index in [0.29, 0.717) is 11.5 Å². The molecule has 64 valence electrons. The normalized spacial score (nSPS) is 15.3. The Kier molecular flexibility index (Phi) is 4.08. The molecule has 0 aliphatic rings. The topological polar surface area (TPSA) is 46.2 Å². The first kappa shape index (κ1) is 10.4. The molecule has 1 atom stereocenters. The maximum Gasteiger partial charge on any atom is 0.128 e. The zero-order chi connectivity index (χ0) is 9.02. The molecule has 0 amide bonds. The number of hydrogen-bond acceptors (Lipinski definition) is 2. The van der Waals surface area contributed by atoms with Gasteiger partial charge < -0.3 is 10.8 Å². The SMILES string of the molecule is C=C(/C(C)=C/C(C)C)C(N)O. The molecule has 0 rings (SSSR count). The van der Waals surface area contributed by atoms with Gasteiger partial charge in [0.1, 0.15) is 6.23 Å². The van der Waals surface area contributed by atoms with Crippen LogP contribution in [0.25, 0.3) is 0 Å². The highest BCUT2D eigenvalue weighted by Gasteiger charge is 2.03. The summed E-state index contributed by atoms with van der Waals surface area (Å²) in [6, 6.07) is 0. The van der Waals surface area contributed by atoms with E-state index in [4.69, 9.17) is 10.8 Å². The lowest BCUT2D eigenvalue weighted by atomic mass is 10.0. The first-order chi connectivity index (χ1) is 4.95. The number of aliphatic hydroxyl groups is 1. The molecule has 0 spiro atoms. The van der Waals surface area contributed by atoms with Gasteiger partial charge in [-0.1, -0.05) is 26.5 Å².